The van der Waals surface area contributed by atoms with E-state index in [9.17, 15) is 9.59 Å². The van der Waals surface area contributed by atoms with Gasteiger partial charge in [0, 0.05) is 6.20 Å². The van der Waals surface area contributed by atoms with E-state index in [0.717, 1.165) is 0 Å². The summed E-state index contributed by atoms with van der Waals surface area (Å²) in [6, 6.07) is -0.449. The zero-order valence-corrected chi connectivity index (χ0v) is 7.68. The Bertz CT molecular complexity index is 285. The van der Waals surface area contributed by atoms with Crippen LogP contribution in [-0.2, 0) is 4.79 Å². The molecule has 4 N–H and O–H groups in total. The molecule has 0 saturated heterocycles. The van der Waals surface area contributed by atoms with Crippen molar-refractivity contribution >= 4 is 11.8 Å². The van der Waals surface area contributed by atoms with Crippen molar-refractivity contribution in [2.24, 2.45) is 5.73 Å². The molecule has 1 aliphatic heterocycles. The van der Waals surface area contributed by atoms with Crippen molar-refractivity contribution in [3.05, 3.63) is 11.8 Å². The molecule has 5 nitrogen and oxygen atoms in total. The van der Waals surface area contributed by atoms with Gasteiger partial charge in [-0.3, -0.25) is 10.5 Å². The van der Waals surface area contributed by atoms with E-state index in [0.29, 0.717) is 12.0 Å². The first-order valence-electron chi connectivity index (χ1n) is 4.08. The second-order valence-corrected chi connectivity index (χ2v) is 2.99. The molecule has 2 amide bonds. The number of Topliss-reactive ketones (excluding diaryl/α,β-unsaturated/α-hetero) is 1. The van der Waals surface area contributed by atoms with Crippen molar-refractivity contribution in [3.63, 3.8) is 0 Å². The third kappa shape index (κ3) is 1.55. The molecule has 1 unspecified atom stereocenters. The fraction of sp³-hybridized carbons (Fsp3) is 0.500. The molecule has 0 aromatic heterocycles. The second kappa shape index (κ2) is 3.18. The summed E-state index contributed by atoms with van der Waals surface area (Å²) in [5, 5.41) is 4.85. The van der Waals surface area contributed by atoms with Crippen molar-refractivity contribution in [2.75, 3.05) is 0 Å². The van der Waals surface area contributed by atoms with Crippen molar-refractivity contribution in [2.45, 2.75) is 25.9 Å². The fourth-order valence-electron chi connectivity index (χ4n) is 1.26. The smallest absolute Gasteiger partial charge is 0.315 e. The maximum atomic E-state index is 11.2. The highest BCUT2D eigenvalue weighted by atomic mass is 16.2. The molecule has 1 rings (SSSR count). The minimum Gasteiger partial charge on any atom is -0.315 e. The van der Waals surface area contributed by atoms with Crippen molar-refractivity contribution in [1.82, 2.24) is 10.6 Å². The maximum Gasteiger partial charge on any atom is 0.320 e. The first-order chi connectivity index (χ1) is 6.00. The molecular formula is C8H13N3O2. The highest BCUT2D eigenvalue weighted by molar-refractivity contribution is 5.95. The van der Waals surface area contributed by atoms with Crippen LogP contribution in [0.2, 0.25) is 0 Å². The summed E-state index contributed by atoms with van der Waals surface area (Å²) in [5.74, 6) is -0.268. The molecule has 0 aromatic rings. The Morgan fingerprint density at radius 2 is 2.31 bits per heavy atom. The molecule has 0 aromatic carbocycles. The van der Waals surface area contributed by atoms with E-state index in [4.69, 9.17) is 5.73 Å². The average Bonchev–Trinajstić information content (AvgIpc) is 2.04. The summed E-state index contributed by atoms with van der Waals surface area (Å²) in [7, 11) is 0. The summed E-state index contributed by atoms with van der Waals surface area (Å²) in [6.45, 7) is 3.23. The van der Waals surface area contributed by atoms with Crippen LogP contribution in [0.4, 0.5) is 4.79 Å². The number of carbonyl (C=O) groups is 2. The van der Waals surface area contributed by atoms with Gasteiger partial charge in [-0.25, -0.2) is 4.79 Å². The van der Waals surface area contributed by atoms with Gasteiger partial charge in [-0.15, -0.1) is 0 Å². The van der Waals surface area contributed by atoms with E-state index in [1.165, 1.54) is 13.1 Å². The number of urea groups is 1. The summed E-state index contributed by atoms with van der Waals surface area (Å²) in [5.41, 5.74) is 5.12. The summed E-state index contributed by atoms with van der Waals surface area (Å²) in [4.78, 5) is 22.2. The number of hydrogen-bond acceptors (Lipinski definition) is 3. The van der Waals surface area contributed by atoms with Crippen LogP contribution in [0.25, 0.3) is 0 Å². The van der Waals surface area contributed by atoms with Gasteiger partial charge in [-0.2, -0.15) is 0 Å². The predicted molar refractivity (Wildman–Crippen MR) is 47.6 cm³/mol. The van der Waals surface area contributed by atoms with Gasteiger partial charge in [0.1, 0.15) is 0 Å². The van der Waals surface area contributed by atoms with Gasteiger partial charge in [-0.05, 0) is 18.9 Å². The number of rotatable bonds is 2. The Labute approximate surface area is 76.4 Å². The van der Waals surface area contributed by atoms with E-state index in [2.05, 4.69) is 10.6 Å². The monoisotopic (exact) mass is 183 g/mol. The average molecular weight is 183 g/mol. The van der Waals surface area contributed by atoms with Crippen LogP contribution in [0.15, 0.2) is 11.8 Å². The van der Waals surface area contributed by atoms with Gasteiger partial charge < -0.3 is 10.6 Å². The summed E-state index contributed by atoms with van der Waals surface area (Å²) < 4.78 is 0. The van der Waals surface area contributed by atoms with E-state index in [1.54, 1.807) is 0 Å². The molecule has 0 spiro atoms. The van der Waals surface area contributed by atoms with Crippen LogP contribution >= 0.6 is 0 Å². The minimum absolute atomic E-state index is 0.268. The first-order valence-corrected chi connectivity index (χ1v) is 4.08. The van der Waals surface area contributed by atoms with Crippen LogP contribution in [0, 0.1) is 0 Å². The normalized spacial score (nSPS) is 27.3. The third-order valence-electron chi connectivity index (χ3n) is 2.13. The van der Waals surface area contributed by atoms with E-state index >= 15 is 0 Å². The SMILES string of the molecule is CCC1=CNC(=O)NC1(N)C(C)=O. The summed E-state index contributed by atoms with van der Waals surface area (Å²) in [6.07, 6.45) is 2.10. The highest BCUT2D eigenvalue weighted by Gasteiger charge is 2.38. The molecule has 0 saturated carbocycles. The zero-order chi connectivity index (χ0) is 10.1. The van der Waals surface area contributed by atoms with Gasteiger partial charge in [0.25, 0.3) is 0 Å². The third-order valence-corrected chi connectivity index (χ3v) is 2.13. The topological polar surface area (TPSA) is 84.2 Å². The number of carbonyl (C=O) groups excluding carboxylic acids is 2. The van der Waals surface area contributed by atoms with Gasteiger partial charge in [0.15, 0.2) is 11.4 Å². The predicted octanol–water partition coefficient (Wildman–Crippen LogP) is -0.163. The Morgan fingerprint density at radius 1 is 1.69 bits per heavy atom. The quantitative estimate of drug-likeness (QED) is 0.556. The standard InChI is InChI=1S/C8H13N3O2/c1-3-6-4-10-7(13)11-8(6,9)5(2)12/h4H,3,9H2,1-2H3,(H2,10,11,13). The number of hydrogen-bond donors (Lipinski definition) is 3. The maximum absolute atomic E-state index is 11.2. The van der Waals surface area contributed by atoms with Gasteiger partial charge in [0.05, 0.1) is 0 Å². The molecule has 13 heavy (non-hydrogen) atoms. The van der Waals surface area contributed by atoms with Crippen LogP contribution < -0.4 is 16.4 Å². The van der Waals surface area contributed by atoms with Gasteiger partial charge in [-0.1, -0.05) is 6.92 Å². The molecule has 5 heteroatoms. The molecule has 0 radical (unpaired) electrons. The molecule has 0 aliphatic carbocycles. The zero-order valence-electron chi connectivity index (χ0n) is 7.68. The van der Waals surface area contributed by atoms with Crippen LogP contribution in [-0.4, -0.2) is 17.5 Å². The second-order valence-electron chi connectivity index (χ2n) is 2.99. The van der Waals surface area contributed by atoms with Crippen LogP contribution in [0.3, 0.4) is 0 Å². The fourth-order valence-corrected chi connectivity index (χ4v) is 1.26. The molecule has 1 heterocycles. The molecule has 1 atom stereocenters. The van der Waals surface area contributed by atoms with Crippen molar-refractivity contribution in [3.8, 4) is 0 Å². The number of nitrogens with two attached hydrogens (primary N) is 1. The number of nitrogens with one attached hydrogen (secondary N) is 2. The number of ketones is 1. The minimum atomic E-state index is -1.32. The van der Waals surface area contributed by atoms with Gasteiger partial charge >= 0.3 is 6.03 Å². The van der Waals surface area contributed by atoms with E-state index in [1.807, 2.05) is 6.92 Å². The lowest BCUT2D eigenvalue weighted by Crippen LogP contribution is -2.66. The highest BCUT2D eigenvalue weighted by Crippen LogP contribution is 2.17. The Balaban J connectivity index is 3.05. The molecular weight excluding hydrogens is 170 g/mol. The molecule has 1 aliphatic rings. The first kappa shape index (κ1) is 9.73. The lowest BCUT2D eigenvalue weighted by Gasteiger charge is -2.33. The van der Waals surface area contributed by atoms with Crippen molar-refractivity contribution < 1.29 is 9.59 Å². The molecule has 72 valence electrons. The molecule has 0 fully saturated rings. The largest absolute Gasteiger partial charge is 0.320 e. The molecule has 0 bridgehead atoms. The Morgan fingerprint density at radius 3 is 2.77 bits per heavy atom. The van der Waals surface area contributed by atoms with Gasteiger partial charge in [0.2, 0.25) is 0 Å². The van der Waals surface area contributed by atoms with Crippen LogP contribution in [0.5, 0.6) is 0 Å². The van der Waals surface area contributed by atoms with E-state index < -0.39 is 11.7 Å². The van der Waals surface area contributed by atoms with Crippen LogP contribution in [0.1, 0.15) is 20.3 Å². The van der Waals surface area contributed by atoms with E-state index in [-0.39, 0.29) is 5.78 Å². The Kier molecular flexibility index (Phi) is 2.38. The summed E-state index contributed by atoms with van der Waals surface area (Å²) >= 11 is 0. The number of amides is 2. The lowest BCUT2D eigenvalue weighted by atomic mass is 9.94. The lowest BCUT2D eigenvalue weighted by molar-refractivity contribution is -0.121. The van der Waals surface area contributed by atoms with Crippen molar-refractivity contribution in [1.29, 1.82) is 0 Å². The Hall–Kier alpha value is -1.36.